The van der Waals surface area contributed by atoms with Gasteiger partial charge < -0.3 is 10.6 Å². The first kappa shape index (κ1) is 11.9. The van der Waals surface area contributed by atoms with Crippen molar-refractivity contribution >= 4 is 5.91 Å². The zero-order valence-electron chi connectivity index (χ0n) is 10.5. The molecule has 3 heteroatoms. The van der Waals surface area contributed by atoms with Crippen LogP contribution in [0.3, 0.4) is 0 Å². The highest BCUT2D eigenvalue weighted by atomic mass is 16.2. The number of hydrogen-bond donors (Lipinski definition) is 1. The molecule has 2 rings (SSSR count). The number of carbonyl (C=O) groups excluding carboxylic acids is 1. The van der Waals surface area contributed by atoms with Gasteiger partial charge in [-0.3, -0.25) is 4.79 Å². The third-order valence-corrected chi connectivity index (χ3v) is 4.39. The Morgan fingerprint density at radius 1 is 1.19 bits per heavy atom. The van der Waals surface area contributed by atoms with Crippen LogP contribution in [0, 0.1) is 5.92 Å². The van der Waals surface area contributed by atoms with Crippen LogP contribution in [0.2, 0.25) is 0 Å². The highest BCUT2D eigenvalue weighted by Crippen LogP contribution is 2.30. The summed E-state index contributed by atoms with van der Waals surface area (Å²) in [7, 11) is 0. The smallest absolute Gasteiger partial charge is 0.223 e. The number of likely N-dealkylation sites (tertiary alicyclic amines) is 1. The standard InChI is InChI=1S/C13H24N2O/c1-9-6-7-10(2)15(9)13(16)8-11-4-3-5-12(11)14/h9-12H,3-8,14H2,1-2H3/t9?,10?,11-,12+/m0/s1. The van der Waals surface area contributed by atoms with Crippen LogP contribution in [0.4, 0.5) is 0 Å². The first-order chi connectivity index (χ1) is 7.59. The average Bonchev–Trinajstić information content (AvgIpc) is 2.75. The highest BCUT2D eigenvalue weighted by Gasteiger charge is 2.34. The molecule has 1 aliphatic carbocycles. The van der Waals surface area contributed by atoms with Crippen LogP contribution >= 0.6 is 0 Å². The molecule has 0 spiro atoms. The average molecular weight is 224 g/mol. The van der Waals surface area contributed by atoms with Gasteiger partial charge in [0.25, 0.3) is 0 Å². The van der Waals surface area contributed by atoms with E-state index in [4.69, 9.17) is 5.73 Å². The van der Waals surface area contributed by atoms with Crippen molar-refractivity contribution in [2.75, 3.05) is 0 Å². The Morgan fingerprint density at radius 3 is 2.31 bits per heavy atom. The van der Waals surface area contributed by atoms with Crippen LogP contribution in [-0.2, 0) is 4.79 Å². The molecule has 0 aromatic carbocycles. The minimum atomic E-state index is 0.261. The molecule has 16 heavy (non-hydrogen) atoms. The van der Waals surface area contributed by atoms with E-state index in [0.717, 1.165) is 25.7 Å². The zero-order chi connectivity index (χ0) is 11.7. The zero-order valence-corrected chi connectivity index (χ0v) is 10.5. The van der Waals surface area contributed by atoms with Gasteiger partial charge in [0.15, 0.2) is 0 Å². The Labute approximate surface area is 98.4 Å². The summed E-state index contributed by atoms with van der Waals surface area (Å²) in [5.41, 5.74) is 6.02. The maximum Gasteiger partial charge on any atom is 0.223 e. The summed E-state index contributed by atoms with van der Waals surface area (Å²) in [5, 5.41) is 0. The Hall–Kier alpha value is -0.570. The summed E-state index contributed by atoms with van der Waals surface area (Å²) in [5.74, 6) is 0.771. The lowest BCUT2D eigenvalue weighted by Gasteiger charge is -2.28. The van der Waals surface area contributed by atoms with Crippen molar-refractivity contribution in [3.05, 3.63) is 0 Å². The monoisotopic (exact) mass is 224 g/mol. The van der Waals surface area contributed by atoms with Gasteiger partial charge in [-0.05, 0) is 45.4 Å². The Bertz CT molecular complexity index is 257. The van der Waals surface area contributed by atoms with Gasteiger partial charge in [-0.15, -0.1) is 0 Å². The molecule has 2 N–H and O–H groups in total. The first-order valence-electron chi connectivity index (χ1n) is 6.66. The summed E-state index contributed by atoms with van der Waals surface area (Å²) >= 11 is 0. The van der Waals surface area contributed by atoms with Gasteiger partial charge in [0, 0.05) is 24.5 Å². The molecule has 2 aliphatic rings. The minimum Gasteiger partial charge on any atom is -0.337 e. The number of carbonyl (C=O) groups is 1. The lowest BCUT2D eigenvalue weighted by Crippen LogP contribution is -2.40. The largest absolute Gasteiger partial charge is 0.337 e. The molecule has 4 atom stereocenters. The molecule has 0 bridgehead atoms. The SMILES string of the molecule is CC1CCC(C)N1C(=O)C[C@@H]1CCC[C@H]1N. The normalized spacial score (nSPS) is 39.3. The van der Waals surface area contributed by atoms with Gasteiger partial charge in [0.2, 0.25) is 5.91 Å². The highest BCUT2D eigenvalue weighted by molar-refractivity contribution is 5.77. The molecule has 92 valence electrons. The molecule has 1 saturated heterocycles. The molecule has 1 aliphatic heterocycles. The number of nitrogens with zero attached hydrogens (tertiary/aromatic N) is 1. The van der Waals surface area contributed by atoms with E-state index < -0.39 is 0 Å². The van der Waals surface area contributed by atoms with Gasteiger partial charge in [-0.2, -0.15) is 0 Å². The van der Waals surface area contributed by atoms with Crippen LogP contribution in [0.1, 0.15) is 52.4 Å². The lowest BCUT2D eigenvalue weighted by molar-refractivity contribution is -0.134. The topological polar surface area (TPSA) is 46.3 Å². The summed E-state index contributed by atoms with van der Waals surface area (Å²) in [6.07, 6.45) is 6.43. The van der Waals surface area contributed by atoms with Gasteiger partial charge in [0.05, 0.1) is 0 Å². The molecule has 2 fully saturated rings. The van der Waals surface area contributed by atoms with E-state index in [1.54, 1.807) is 0 Å². The van der Waals surface area contributed by atoms with Crippen LogP contribution in [0.15, 0.2) is 0 Å². The third kappa shape index (κ3) is 2.24. The second-order valence-corrected chi connectivity index (χ2v) is 5.64. The predicted molar refractivity (Wildman–Crippen MR) is 64.9 cm³/mol. The summed E-state index contributed by atoms with van der Waals surface area (Å²) in [6.45, 7) is 4.33. The summed E-state index contributed by atoms with van der Waals surface area (Å²) in [4.78, 5) is 14.3. The molecule has 1 amide bonds. The van der Waals surface area contributed by atoms with Crippen molar-refractivity contribution in [2.45, 2.75) is 70.5 Å². The Balaban J connectivity index is 1.92. The van der Waals surface area contributed by atoms with E-state index in [1.165, 1.54) is 6.42 Å². The van der Waals surface area contributed by atoms with E-state index in [1.807, 2.05) is 0 Å². The van der Waals surface area contributed by atoms with Crippen molar-refractivity contribution in [1.82, 2.24) is 4.90 Å². The minimum absolute atomic E-state index is 0.261. The van der Waals surface area contributed by atoms with Crippen molar-refractivity contribution in [3.63, 3.8) is 0 Å². The molecule has 1 heterocycles. The maximum atomic E-state index is 12.2. The van der Waals surface area contributed by atoms with E-state index in [9.17, 15) is 4.79 Å². The van der Waals surface area contributed by atoms with Gasteiger partial charge >= 0.3 is 0 Å². The maximum absolute atomic E-state index is 12.2. The first-order valence-corrected chi connectivity index (χ1v) is 6.66. The molecular weight excluding hydrogens is 200 g/mol. The number of rotatable bonds is 2. The lowest BCUT2D eigenvalue weighted by atomic mass is 9.99. The fourth-order valence-electron chi connectivity index (χ4n) is 3.34. The van der Waals surface area contributed by atoms with Gasteiger partial charge in [-0.1, -0.05) is 6.42 Å². The van der Waals surface area contributed by atoms with E-state index in [0.29, 0.717) is 30.3 Å². The fourth-order valence-corrected chi connectivity index (χ4v) is 3.34. The van der Waals surface area contributed by atoms with E-state index in [2.05, 4.69) is 18.7 Å². The van der Waals surface area contributed by atoms with E-state index >= 15 is 0 Å². The Kier molecular flexibility index (Phi) is 3.53. The van der Waals surface area contributed by atoms with Crippen molar-refractivity contribution in [3.8, 4) is 0 Å². The van der Waals surface area contributed by atoms with Crippen molar-refractivity contribution in [1.29, 1.82) is 0 Å². The molecule has 0 aromatic rings. The van der Waals surface area contributed by atoms with Crippen LogP contribution in [0.25, 0.3) is 0 Å². The van der Waals surface area contributed by atoms with Crippen LogP contribution < -0.4 is 5.73 Å². The number of hydrogen-bond acceptors (Lipinski definition) is 2. The molecular formula is C13H24N2O. The molecule has 0 radical (unpaired) electrons. The summed E-state index contributed by atoms with van der Waals surface area (Å²) in [6, 6.07) is 1.12. The van der Waals surface area contributed by atoms with E-state index in [-0.39, 0.29) is 6.04 Å². The van der Waals surface area contributed by atoms with Gasteiger partial charge in [-0.25, -0.2) is 0 Å². The van der Waals surface area contributed by atoms with Gasteiger partial charge in [0.1, 0.15) is 0 Å². The van der Waals surface area contributed by atoms with Crippen LogP contribution in [-0.4, -0.2) is 28.9 Å². The predicted octanol–water partition coefficient (Wildman–Crippen LogP) is 1.90. The molecule has 0 aromatic heterocycles. The second kappa shape index (κ2) is 4.74. The van der Waals surface area contributed by atoms with Crippen molar-refractivity contribution < 1.29 is 4.79 Å². The number of nitrogens with two attached hydrogens (primary N) is 1. The second-order valence-electron chi connectivity index (χ2n) is 5.64. The Morgan fingerprint density at radius 2 is 1.81 bits per heavy atom. The molecule has 3 nitrogen and oxygen atoms in total. The van der Waals surface area contributed by atoms with Crippen molar-refractivity contribution in [2.24, 2.45) is 11.7 Å². The molecule has 1 saturated carbocycles. The fraction of sp³-hybridized carbons (Fsp3) is 0.923. The quantitative estimate of drug-likeness (QED) is 0.778. The third-order valence-electron chi connectivity index (χ3n) is 4.39. The van der Waals surface area contributed by atoms with Crippen LogP contribution in [0.5, 0.6) is 0 Å². The molecule has 2 unspecified atom stereocenters. The summed E-state index contributed by atoms with van der Waals surface area (Å²) < 4.78 is 0. The number of amides is 1.